The van der Waals surface area contributed by atoms with E-state index in [1.165, 1.54) is 0 Å². The fourth-order valence-electron chi connectivity index (χ4n) is 5.24. The molecule has 2 aromatic carbocycles. The van der Waals surface area contributed by atoms with E-state index in [4.69, 9.17) is 6.42 Å². The first kappa shape index (κ1) is 21.0. The number of fused-ring (bicyclic) bond motifs is 2. The van der Waals surface area contributed by atoms with Crippen LogP contribution in [0.3, 0.4) is 0 Å². The van der Waals surface area contributed by atoms with E-state index >= 15 is 0 Å². The van der Waals surface area contributed by atoms with Crippen molar-refractivity contribution in [1.82, 2.24) is 19.9 Å². The van der Waals surface area contributed by atoms with E-state index in [1.54, 1.807) is 22.8 Å². The predicted octanol–water partition coefficient (Wildman–Crippen LogP) is 3.09. The molecule has 1 fully saturated rings. The van der Waals surface area contributed by atoms with Crippen LogP contribution in [0.25, 0.3) is 5.69 Å². The molecule has 3 aromatic rings. The van der Waals surface area contributed by atoms with Crippen LogP contribution in [0.4, 0.5) is 5.69 Å². The Balaban J connectivity index is 1.74. The number of carbonyl (C=O) groups excluding carboxylic acids is 2. The van der Waals surface area contributed by atoms with Gasteiger partial charge in [0.15, 0.2) is 5.69 Å². The minimum absolute atomic E-state index is 0.0298. The molecule has 0 aliphatic carbocycles. The van der Waals surface area contributed by atoms with Gasteiger partial charge in [-0.2, -0.15) is 0 Å². The lowest BCUT2D eigenvalue weighted by Crippen LogP contribution is -2.45. The summed E-state index contributed by atoms with van der Waals surface area (Å²) in [6.45, 7) is 4.75. The van der Waals surface area contributed by atoms with E-state index < -0.39 is 11.5 Å². The van der Waals surface area contributed by atoms with Crippen LogP contribution in [0.15, 0.2) is 54.7 Å². The van der Waals surface area contributed by atoms with Gasteiger partial charge in [0.25, 0.3) is 0 Å². The van der Waals surface area contributed by atoms with Gasteiger partial charge in [-0.25, -0.2) is 4.68 Å². The number of rotatable bonds is 4. The minimum Gasteiger partial charge on any atom is -0.337 e. The summed E-state index contributed by atoms with van der Waals surface area (Å²) >= 11 is 0. The maximum Gasteiger partial charge on any atom is 0.240 e. The molecule has 3 heterocycles. The Kier molecular flexibility index (Phi) is 4.82. The molecule has 0 N–H and O–H groups in total. The third-order valence-electron chi connectivity index (χ3n) is 6.62. The molecule has 1 saturated heterocycles. The van der Waals surface area contributed by atoms with Gasteiger partial charge in [-0.3, -0.25) is 9.59 Å². The zero-order valence-corrected chi connectivity index (χ0v) is 18.9. The van der Waals surface area contributed by atoms with Gasteiger partial charge in [0.05, 0.1) is 17.9 Å². The third-order valence-corrected chi connectivity index (χ3v) is 6.62. The first-order valence-corrected chi connectivity index (χ1v) is 11.0. The van der Waals surface area contributed by atoms with Crippen LogP contribution in [0, 0.1) is 18.3 Å². The first-order chi connectivity index (χ1) is 15.9. The molecule has 2 amide bonds. The second-order valence-corrected chi connectivity index (χ2v) is 9.17. The summed E-state index contributed by atoms with van der Waals surface area (Å²) in [6, 6.07) is 15.2. The lowest BCUT2D eigenvalue weighted by molar-refractivity contribution is -0.128. The number of likely N-dealkylation sites (N-methyl/N-ethyl adjacent to an activating group) is 1. The molecule has 5 rings (SSSR count). The number of terminal acetylenes is 1. The average Bonchev–Trinajstić information content (AvgIpc) is 3.46. The lowest BCUT2D eigenvalue weighted by atomic mass is 9.72. The smallest absolute Gasteiger partial charge is 0.240 e. The summed E-state index contributed by atoms with van der Waals surface area (Å²) in [6.07, 6.45) is 7.26. The van der Waals surface area contributed by atoms with Crippen LogP contribution < -0.4 is 4.90 Å². The Morgan fingerprint density at radius 2 is 1.94 bits per heavy atom. The minimum atomic E-state index is -1.01. The molecule has 2 aliphatic rings. The number of likely N-dealkylation sites (tertiary alicyclic amines) is 1. The van der Waals surface area contributed by atoms with Crippen molar-refractivity contribution in [3.8, 4) is 18.0 Å². The molecule has 33 heavy (non-hydrogen) atoms. The zero-order chi connectivity index (χ0) is 23.3. The zero-order valence-electron chi connectivity index (χ0n) is 18.9. The van der Waals surface area contributed by atoms with Crippen LogP contribution in [0.5, 0.6) is 0 Å². The van der Waals surface area contributed by atoms with Gasteiger partial charge in [0.1, 0.15) is 5.41 Å². The SMILES string of the molecule is C#Cc1cn(-c2ccc3c(c2)[C@]2(CC(=O)N(C)[C@@H]2c2ccccc2)C(=O)N3CC(C)C)nn1. The highest BCUT2D eigenvalue weighted by Gasteiger charge is 2.62. The van der Waals surface area contributed by atoms with Crippen LogP contribution in [-0.2, 0) is 15.0 Å². The summed E-state index contributed by atoms with van der Waals surface area (Å²) in [5.41, 5.74) is 2.80. The van der Waals surface area contributed by atoms with Crippen LogP contribution in [0.1, 0.15) is 43.1 Å². The maximum atomic E-state index is 14.2. The van der Waals surface area contributed by atoms with E-state index in [1.807, 2.05) is 53.4 Å². The number of carbonyl (C=O) groups is 2. The molecule has 7 heteroatoms. The molecule has 7 nitrogen and oxygen atoms in total. The van der Waals surface area contributed by atoms with E-state index in [0.717, 1.165) is 22.5 Å². The Morgan fingerprint density at radius 1 is 1.18 bits per heavy atom. The molecular formula is C26H25N5O2. The molecule has 0 radical (unpaired) electrons. The highest BCUT2D eigenvalue weighted by Crippen LogP contribution is 2.57. The van der Waals surface area contributed by atoms with Crippen LogP contribution in [-0.4, -0.2) is 45.3 Å². The normalized spacial score (nSPS) is 21.8. The highest BCUT2D eigenvalue weighted by molar-refractivity contribution is 6.12. The van der Waals surface area contributed by atoms with Crippen molar-refractivity contribution < 1.29 is 9.59 Å². The van der Waals surface area contributed by atoms with E-state index in [-0.39, 0.29) is 24.2 Å². The summed E-state index contributed by atoms with van der Waals surface area (Å²) in [4.78, 5) is 30.9. The molecular weight excluding hydrogens is 414 g/mol. The van der Waals surface area contributed by atoms with Crippen LogP contribution >= 0.6 is 0 Å². The maximum absolute atomic E-state index is 14.2. The lowest BCUT2D eigenvalue weighted by Gasteiger charge is -2.33. The van der Waals surface area contributed by atoms with Crippen molar-refractivity contribution in [2.45, 2.75) is 31.7 Å². The van der Waals surface area contributed by atoms with Crippen molar-refractivity contribution in [1.29, 1.82) is 0 Å². The standard InChI is InChI=1S/C26H25N5O2/c1-5-19-16-31(28-27-19)20-11-12-22-21(13-20)26(25(33)30(22)15-17(2)3)14-23(32)29(4)24(26)18-9-7-6-8-10-18/h1,6-13,16-17,24H,14-15H2,2-4H3/t24-,26+/m1/s1. The topological polar surface area (TPSA) is 71.3 Å². The van der Waals surface area contributed by atoms with Crippen LogP contribution in [0.2, 0.25) is 0 Å². The number of aromatic nitrogens is 3. The van der Waals surface area contributed by atoms with Crippen molar-refractivity contribution >= 4 is 17.5 Å². The van der Waals surface area contributed by atoms with Gasteiger partial charge in [-0.15, -0.1) is 11.5 Å². The van der Waals surface area contributed by atoms with Gasteiger partial charge in [-0.1, -0.05) is 49.4 Å². The molecule has 0 saturated carbocycles. The van der Waals surface area contributed by atoms with Gasteiger partial charge in [-0.05, 0) is 41.2 Å². The summed E-state index contributed by atoms with van der Waals surface area (Å²) in [5.74, 6) is 2.68. The monoisotopic (exact) mass is 439 g/mol. The Hall–Kier alpha value is -3.92. The van der Waals surface area contributed by atoms with E-state index in [9.17, 15) is 9.59 Å². The molecule has 166 valence electrons. The van der Waals surface area contributed by atoms with E-state index in [2.05, 4.69) is 30.1 Å². The second-order valence-electron chi connectivity index (χ2n) is 9.17. The van der Waals surface area contributed by atoms with Gasteiger partial charge in [0.2, 0.25) is 11.8 Å². The number of nitrogens with zero attached hydrogens (tertiary/aromatic N) is 5. The van der Waals surface area contributed by atoms with Crippen molar-refractivity contribution in [2.75, 3.05) is 18.5 Å². The molecule has 0 bridgehead atoms. The van der Waals surface area contributed by atoms with Crippen molar-refractivity contribution in [3.63, 3.8) is 0 Å². The Morgan fingerprint density at radius 3 is 2.61 bits per heavy atom. The molecule has 0 unspecified atom stereocenters. The van der Waals surface area contributed by atoms with Crippen molar-refractivity contribution in [2.24, 2.45) is 5.92 Å². The molecule has 1 spiro atoms. The molecule has 2 atom stereocenters. The van der Waals surface area contributed by atoms with E-state index in [0.29, 0.717) is 12.2 Å². The highest BCUT2D eigenvalue weighted by atomic mass is 16.2. The molecule has 1 aromatic heterocycles. The van der Waals surface area contributed by atoms with Crippen molar-refractivity contribution in [3.05, 3.63) is 71.5 Å². The largest absolute Gasteiger partial charge is 0.337 e. The average molecular weight is 440 g/mol. The summed E-state index contributed by atoms with van der Waals surface area (Å²) in [7, 11) is 1.78. The summed E-state index contributed by atoms with van der Waals surface area (Å²) in [5, 5.41) is 8.13. The Labute approximate surface area is 193 Å². The third kappa shape index (κ3) is 3.05. The second kappa shape index (κ2) is 7.59. The number of amides is 2. The van der Waals surface area contributed by atoms with Gasteiger partial charge < -0.3 is 9.80 Å². The summed E-state index contributed by atoms with van der Waals surface area (Å²) < 4.78 is 1.61. The fraction of sp³-hybridized carbons (Fsp3) is 0.308. The van der Waals surface area contributed by atoms with Gasteiger partial charge in [0, 0.05) is 25.7 Å². The fourth-order valence-corrected chi connectivity index (χ4v) is 5.24. The Bertz CT molecular complexity index is 1290. The quantitative estimate of drug-likeness (QED) is 0.586. The van der Waals surface area contributed by atoms with Gasteiger partial charge >= 0.3 is 0 Å². The number of anilines is 1. The number of hydrogen-bond donors (Lipinski definition) is 0. The number of benzene rings is 2. The predicted molar refractivity (Wildman–Crippen MR) is 125 cm³/mol. The number of hydrogen-bond acceptors (Lipinski definition) is 4. The first-order valence-electron chi connectivity index (χ1n) is 11.0. The molecule has 2 aliphatic heterocycles.